The van der Waals surface area contributed by atoms with Gasteiger partial charge in [0, 0.05) is 18.3 Å². The van der Waals surface area contributed by atoms with Crippen molar-refractivity contribution in [3.63, 3.8) is 0 Å². The number of anilines is 1. The zero-order valence-corrected chi connectivity index (χ0v) is 11.3. The molecule has 16 heavy (non-hydrogen) atoms. The van der Waals surface area contributed by atoms with Crippen LogP contribution < -0.4 is 10.6 Å². The van der Waals surface area contributed by atoms with Crippen LogP contribution in [-0.2, 0) is 0 Å². The molecule has 0 amide bonds. The molecular formula is C12H18BrN3. The molecule has 4 heteroatoms. The number of hydrogen-bond donors (Lipinski definition) is 2. The van der Waals surface area contributed by atoms with E-state index in [1.165, 1.54) is 18.4 Å². The van der Waals surface area contributed by atoms with Gasteiger partial charge in [0.1, 0.15) is 5.82 Å². The van der Waals surface area contributed by atoms with Gasteiger partial charge in [-0.2, -0.15) is 0 Å². The second-order valence-electron chi connectivity index (χ2n) is 4.43. The summed E-state index contributed by atoms with van der Waals surface area (Å²) in [6.07, 6.45) is 4.28. The van der Waals surface area contributed by atoms with Crippen LogP contribution in [0.2, 0.25) is 0 Å². The molecule has 1 saturated heterocycles. The maximum Gasteiger partial charge on any atom is 0.140 e. The predicted molar refractivity (Wildman–Crippen MR) is 70.8 cm³/mol. The lowest BCUT2D eigenvalue weighted by molar-refractivity contribution is 0.388. The molecule has 1 fully saturated rings. The maximum absolute atomic E-state index is 4.38. The molecule has 1 aromatic rings. The molecule has 2 rings (SSSR count). The first-order chi connectivity index (χ1) is 7.68. The first-order valence-electron chi connectivity index (χ1n) is 5.79. The summed E-state index contributed by atoms with van der Waals surface area (Å²) < 4.78 is 1.08. The molecule has 3 nitrogen and oxygen atoms in total. The number of hydrogen-bond acceptors (Lipinski definition) is 3. The number of halogens is 1. The fraction of sp³-hybridized carbons (Fsp3) is 0.583. The lowest BCUT2D eigenvalue weighted by atomic mass is 10.00. The van der Waals surface area contributed by atoms with Crippen LogP contribution in [0.25, 0.3) is 0 Å². The van der Waals surface area contributed by atoms with Gasteiger partial charge in [0.05, 0.1) is 4.47 Å². The Balaban J connectivity index is 2.10. The Morgan fingerprint density at radius 2 is 2.38 bits per heavy atom. The van der Waals surface area contributed by atoms with Gasteiger partial charge >= 0.3 is 0 Å². The van der Waals surface area contributed by atoms with Crippen molar-refractivity contribution in [2.75, 3.05) is 11.9 Å². The molecule has 1 aromatic heterocycles. The van der Waals surface area contributed by atoms with Gasteiger partial charge in [-0.05, 0) is 60.8 Å². The van der Waals surface area contributed by atoms with Gasteiger partial charge in [-0.1, -0.05) is 0 Å². The molecule has 0 spiro atoms. The van der Waals surface area contributed by atoms with Crippen LogP contribution in [0, 0.1) is 6.92 Å². The standard InChI is InChI=1S/C12H18BrN3/c1-8-5-7-15-12(11(8)13)16-10-4-3-6-14-9(10)2/h5,7,9-10,14H,3-4,6H2,1-2H3,(H,15,16). The summed E-state index contributed by atoms with van der Waals surface area (Å²) in [5.41, 5.74) is 1.22. The lowest BCUT2D eigenvalue weighted by Crippen LogP contribution is -2.46. The van der Waals surface area contributed by atoms with Gasteiger partial charge in [0.15, 0.2) is 0 Å². The number of piperidine rings is 1. The van der Waals surface area contributed by atoms with Crippen LogP contribution in [0.1, 0.15) is 25.3 Å². The highest BCUT2D eigenvalue weighted by atomic mass is 79.9. The number of nitrogens with one attached hydrogen (secondary N) is 2. The summed E-state index contributed by atoms with van der Waals surface area (Å²) >= 11 is 3.58. The van der Waals surface area contributed by atoms with Crippen LogP contribution >= 0.6 is 15.9 Å². The van der Waals surface area contributed by atoms with E-state index in [0.29, 0.717) is 12.1 Å². The summed E-state index contributed by atoms with van der Waals surface area (Å²) in [7, 11) is 0. The molecule has 0 aromatic carbocycles. The fourth-order valence-electron chi connectivity index (χ4n) is 2.06. The predicted octanol–water partition coefficient (Wildman–Crippen LogP) is 2.70. The Kier molecular flexibility index (Phi) is 3.82. The second-order valence-corrected chi connectivity index (χ2v) is 5.22. The monoisotopic (exact) mass is 283 g/mol. The number of nitrogens with zero attached hydrogens (tertiary/aromatic N) is 1. The average Bonchev–Trinajstić information content (AvgIpc) is 2.28. The molecule has 1 aliphatic rings. The van der Waals surface area contributed by atoms with E-state index in [4.69, 9.17) is 0 Å². The number of pyridine rings is 1. The minimum Gasteiger partial charge on any atom is -0.365 e. The minimum absolute atomic E-state index is 0.472. The van der Waals surface area contributed by atoms with Gasteiger partial charge in [-0.3, -0.25) is 0 Å². The topological polar surface area (TPSA) is 37.0 Å². The van der Waals surface area contributed by atoms with Crippen molar-refractivity contribution in [3.8, 4) is 0 Å². The number of rotatable bonds is 2. The van der Waals surface area contributed by atoms with Crippen LogP contribution in [0.5, 0.6) is 0 Å². The van der Waals surface area contributed by atoms with Crippen LogP contribution in [0.4, 0.5) is 5.82 Å². The van der Waals surface area contributed by atoms with Crippen molar-refractivity contribution < 1.29 is 0 Å². The van der Waals surface area contributed by atoms with E-state index in [-0.39, 0.29) is 0 Å². The Labute approximate surface area is 105 Å². The van der Waals surface area contributed by atoms with Crippen molar-refractivity contribution >= 4 is 21.7 Å². The van der Waals surface area contributed by atoms with E-state index < -0.39 is 0 Å². The number of aryl methyl sites for hydroxylation is 1. The summed E-state index contributed by atoms with van der Waals surface area (Å²) in [6.45, 7) is 5.43. The van der Waals surface area contributed by atoms with Crippen LogP contribution in [0.15, 0.2) is 16.7 Å². The highest BCUT2D eigenvalue weighted by Gasteiger charge is 2.21. The minimum atomic E-state index is 0.472. The van der Waals surface area contributed by atoms with E-state index in [1.807, 2.05) is 12.3 Å². The van der Waals surface area contributed by atoms with Gasteiger partial charge in [-0.15, -0.1) is 0 Å². The molecule has 0 bridgehead atoms. The Hall–Kier alpha value is -0.610. The third-order valence-corrected chi connectivity index (χ3v) is 4.17. The molecule has 2 heterocycles. The molecule has 0 aliphatic carbocycles. The van der Waals surface area contributed by atoms with E-state index in [0.717, 1.165) is 16.8 Å². The fourth-order valence-corrected chi connectivity index (χ4v) is 2.41. The van der Waals surface area contributed by atoms with Gasteiger partial charge in [0.2, 0.25) is 0 Å². The van der Waals surface area contributed by atoms with Crippen molar-refractivity contribution in [2.45, 2.75) is 38.8 Å². The van der Waals surface area contributed by atoms with Crippen LogP contribution in [-0.4, -0.2) is 23.6 Å². The van der Waals surface area contributed by atoms with Crippen molar-refractivity contribution in [2.24, 2.45) is 0 Å². The molecule has 2 N–H and O–H groups in total. The second kappa shape index (κ2) is 5.15. The maximum atomic E-state index is 4.38. The first kappa shape index (κ1) is 11.9. The van der Waals surface area contributed by atoms with Crippen molar-refractivity contribution in [1.82, 2.24) is 10.3 Å². The number of aromatic nitrogens is 1. The van der Waals surface area contributed by atoms with Gasteiger partial charge in [0.25, 0.3) is 0 Å². The average molecular weight is 284 g/mol. The highest BCUT2D eigenvalue weighted by Crippen LogP contribution is 2.25. The summed E-state index contributed by atoms with van der Waals surface area (Å²) in [5, 5.41) is 7.00. The third kappa shape index (κ3) is 2.55. The van der Waals surface area contributed by atoms with E-state index >= 15 is 0 Å². The molecule has 2 unspecified atom stereocenters. The van der Waals surface area contributed by atoms with E-state index in [2.05, 4.69) is 45.4 Å². The summed E-state index contributed by atoms with van der Waals surface area (Å²) in [6, 6.07) is 2.99. The van der Waals surface area contributed by atoms with Crippen molar-refractivity contribution in [3.05, 3.63) is 22.3 Å². The third-order valence-electron chi connectivity index (χ3n) is 3.17. The molecule has 1 aliphatic heterocycles. The largest absolute Gasteiger partial charge is 0.365 e. The molecule has 2 atom stereocenters. The van der Waals surface area contributed by atoms with E-state index in [9.17, 15) is 0 Å². The van der Waals surface area contributed by atoms with E-state index in [1.54, 1.807) is 0 Å². The van der Waals surface area contributed by atoms with Crippen molar-refractivity contribution in [1.29, 1.82) is 0 Å². The summed E-state index contributed by atoms with van der Waals surface area (Å²) in [4.78, 5) is 4.38. The Bertz CT molecular complexity index is 367. The van der Waals surface area contributed by atoms with Crippen LogP contribution in [0.3, 0.4) is 0 Å². The molecule has 0 radical (unpaired) electrons. The lowest BCUT2D eigenvalue weighted by Gasteiger charge is -2.31. The normalized spacial score (nSPS) is 25.4. The molecule has 0 saturated carbocycles. The Morgan fingerprint density at radius 1 is 1.56 bits per heavy atom. The zero-order chi connectivity index (χ0) is 11.5. The zero-order valence-electron chi connectivity index (χ0n) is 9.76. The quantitative estimate of drug-likeness (QED) is 0.876. The molecule has 88 valence electrons. The SMILES string of the molecule is Cc1ccnc(NC2CCCNC2C)c1Br. The summed E-state index contributed by atoms with van der Waals surface area (Å²) in [5.74, 6) is 0.959. The smallest absolute Gasteiger partial charge is 0.140 e. The Morgan fingerprint density at radius 3 is 3.12 bits per heavy atom. The first-order valence-corrected chi connectivity index (χ1v) is 6.59. The van der Waals surface area contributed by atoms with Gasteiger partial charge in [-0.25, -0.2) is 4.98 Å². The highest BCUT2D eigenvalue weighted by molar-refractivity contribution is 9.10. The molecular weight excluding hydrogens is 266 g/mol. The van der Waals surface area contributed by atoms with Gasteiger partial charge < -0.3 is 10.6 Å².